The smallest absolute Gasteiger partial charge is 0.377 e. The van der Waals surface area contributed by atoms with Gasteiger partial charge >= 0.3 is 12.4 Å². The number of halogens is 8. The highest BCUT2D eigenvalue weighted by atomic mass is 19.4. The summed E-state index contributed by atoms with van der Waals surface area (Å²) in [6.45, 7) is 3.21. The summed E-state index contributed by atoms with van der Waals surface area (Å²) in [4.78, 5) is 188. The molecule has 25 nitrogen and oxygen atoms in total. The first-order valence-electron chi connectivity index (χ1n) is 37.0. The zero-order valence-electron chi connectivity index (χ0n) is 62.1. The van der Waals surface area contributed by atoms with Crippen LogP contribution in [0.3, 0.4) is 0 Å². The summed E-state index contributed by atoms with van der Waals surface area (Å²) in [7, 11) is 11.0. The summed E-state index contributed by atoms with van der Waals surface area (Å²) >= 11 is 0. The van der Waals surface area contributed by atoms with Crippen LogP contribution < -0.4 is 16.0 Å². The molecular formula is C71H110F8N12O13. The first kappa shape index (κ1) is 84.3. The minimum Gasteiger partial charge on any atom is -0.377 e. The molecule has 0 radical (unpaired) electrons. The average Bonchev–Trinajstić information content (AvgIpc) is 1.13. The second-order valence-electron chi connectivity index (χ2n) is 30.6. The van der Waals surface area contributed by atoms with E-state index in [0.717, 1.165) is 24.5 Å². The number of alkyl halides is 8. The van der Waals surface area contributed by atoms with Gasteiger partial charge in [0, 0.05) is 95.5 Å². The zero-order chi connectivity index (χ0) is 77.2. The van der Waals surface area contributed by atoms with Crippen LogP contribution in [-0.4, -0.2) is 289 Å². The molecule has 33 heteroatoms. The molecule has 3 aliphatic heterocycles. The van der Waals surface area contributed by atoms with E-state index in [1.54, 1.807) is 20.8 Å². The molecule has 0 aromatic rings. The Morgan fingerprint density at radius 2 is 1.23 bits per heavy atom. The van der Waals surface area contributed by atoms with E-state index in [0.29, 0.717) is 44.9 Å². The van der Waals surface area contributed by atoms with Gasteiger partial charge in [0.05, 0.1) is 31.5 Å². The van der Waals surface area contributed by atoms with E-state index in [4.69, 9.17) is 4.74 Å². The van der Waals surface area contributed by atoms with Crippen molar-refractivity contribution in [2.75, 3.05) is 95.7 Å². The predicted molar refractivity (Wildman–Crippen MR) is 363 cm³/mol. The van der Waals surface area contributed by atoms with Crippen LogP contribution in [0.15, 0.2) is 0 Å². The number of carbonyl (C=O) groups is 12. The van der Waals surface area contributed by atoms with Crippen molar-refractivity contribution >= 4 is 70.9 Å². The van der Waals surface area contributed by atoms with Crippen LogP contribution in [0.4, 0.5) is 35.1 Å². The highest BCUT2D eigenvalue weighted by molar-refractivity contribution is 6.00. The van der Waals surface area contributed by atoms with Gasteiger partial charge in [0.2, 0.25) is 70.9 Å². The van der Waals surface area contributed by atoms with E-state index in [-0.39, 0.29) is 103 Å². The fourth-order valence-electron chi connectivity index (χ4n) is 16.5. The lowest BCUT2D eigenvalue weighted by molar-refractivity contribution is -0.219. The molecule has 3 N–H and O–H groups in total. The Hall–Kier alpha value is -6.96. The maximum absolute atomic E-state index is 15.5. The molecule has 104 heavy (non-hydrogen) atoms. The molecule has 4 saturated carbocycles. The van der Waals surface area contributed by atoms with Gasteiger partial charge in [-0.1, -0.05) is 33.1 Å². The Morgan fingerprint density at radius 3 is 1.80 bits per heavy atom. The number of rotatable bonds is 11. The number of carbonyl (C=O) groups excluding carboxylic acids is 12. The van der Waals surface area contributed by atoms with E-state index in [1.807, 2.05) is 0 Å². The largest absolute Gasteiger partial charge is 0.397 e. The highest BCUT2D eigenvalue weighted by Gasteiger charge is 2.56. The van der Waals surface area contributed by atoms with Gasteiger partial charge in [0.25, 0.3) is 0 Å². The summed E-state index contributed by atoms with van der Waals surface area (Å²) in [6.07, 6.45) is -15.9. The molecule has 4 aliphatic carbocycles. The van der Waals surface area contributed by atoms with Gasteiger partial charge < -0.3 is 64.8 Å². The number of amides is 12. The first-order chi connectivity index (χ1) is 48.7. The van der Waals surface area contributed by atoms with E-state index in [2.05, 4.69) is 16.0 Å². The Morgan fingerprint density at radius 1 is 0.615 bits per heavy atom. The van der Waals surface area contributed by atoms with Crippen molar-refractivity contribution in [3.63, 3.8) is 0 Å². The second kappa shape index (κ2) is 36.1. The molecule has 0 aromatic heterocycles. The Kier molecular flexibility index (Phi) is 29.3. The van der Waals surface area contributed by atoms with Crippen molar-refractivity contribution in [1.82, 2.24) is 60.0 Å². The third kappa shape index (κ3) is 20.4. The molecule has 588 valence electrons. The summed E-state index contributed by atoms with van der Waals surface area (Å²) in [6, 6.07) is -9.71. The van der Waals surface area contributed by atoms with Crippen LogP contribution >= 0.6 is 0 Å². The van der Waals surface area contributed by atoms with Crippen molar-refractivity contribution in [3.05, 3.63) is 0 Å². The molecule has 7 aliphatic rings. The molecule has 2 bridgehead atoms. The normalized spacial score (nSPS) is 31.8. The van der Waals surface area contributed by atoms with Crippen molar-refractivity contribution in [3.8, 4) is 0 Å². The number of likely N-dealkylation sites (N-methyl/N-ethyl adjacent to an activating group) is 6. The number of fused-ring (bicyclic) bond motifs is 3. The summed E-state index contributed by atoms with van der Waals surface area (Å²) in [5, 5.41) is 8.29. The number of hydrogen-bond donors (Lipinski definition) is 3. The SMILES string of the molecule is CCO[C@@H]1C[C@H]2C(=O)NC3(CCC3)C(=O)N(C)[C@@H](C3CCCC3)C(=O)N(C)[C@H](C(=O)N(C)C)CC(=O)N(C)CCC(=O)N[C@@H]([C@@H](C)CC)C(=O)N(C)CC(=O)N(C)[C@H]3CCCCN(C3=O)[C@@H](CC3CCC(C(F)(F)F)CC3)C(=O)N(C)CC(=O)N[C@@H](CCC3CC(F)C(C(F)(F)F)C(F)C3)C(=O)N2C1. The molecule has 1 spiro atoms. The standard InChI is InChI=1S/C71H110F8N12O13/c1-12-41(3)59-66(101)86(8)40-57(95)87(9)50-21-16-17-31-90(65(50)100)53(35-42-22-25-45(26-23-42)70(74,75)76)64(99)85(7)39-55(93)80-49(27-24-43-33-47(72)58(48(73)34-43)71(77,78)79)62(97)91-38-46(104-13-2)36-51(91)61(96)82-69(29-18-30-69)68(103)89(11)60(44-19-14-15-20-44)67(102)88(10)52(63(98)83(4)5)37-56(94)84(6)32-28-54(92)81-59/h41-53,58-60H,12-40H2,1-11H3,(H,80,93)(H,81,92)(H,82,96)/t41-,42?,43?,45?,46+,47?,48?,49-,50-,51-,52-,53-,58?,59-,60-/m0/s1. The lowest BCUT2D eigenvalue weighted by atomic mass is 9.74. The van der Waals surface area contributed by atoms with Gasteiger partial charge in [-0.3, -0.25) is 57.5 Å². The first-order valence-corrected chi connectivity index (χ1v) is 37.0. The lowest BCUT2D eigenvalue weighted by Crippen LogP contribution is -2.68. The molecule has 7 fully saturated rings. The maximum Gasteiger partial charge on any atom is 0.397 e. The Balaban J connectivity index is 1.28. The molecule has 11 atom stereocenters. The van der Waals surface area contributed by atoms with Gasteiger partial charge in [-0.15, -0.1) is 0 Å². The monoisotopic (exact) mass is 1490 g/mol. The predicted octanol–water partition coefficient (Wildman–Crippen LogP) is 5.16. The van der Waals surface area contributed by atoms with Gasteiger partial charge in [0.1, 0.15) is 66.1 Å². The fraction of sp³-hybridized carbons (Fsp3) is 0.831. The summed E-state index contributed by atoms with van der Waals surface area (Å²) in [5.41, 5.74) is -1.67. The van der Waals surface area contributed by atoms with Crippen molar-refractivity contribution < 1.29 is 97.4 Å². The van der Waals surface area contributed by atoms with Gasteiger partial charge in [-0.05, 0) is 140 Å². The van der Waals surface area contributed by atoms with Crippen LogP contribution in [0, 0.1) is 35.5 Å². The van der Waals surface area contributed by atoms with Gasteiger partial charge in [-0.25, -0.2) is 8.78 Å². The Bertz CT molecular complexity index is 3070. The molecule has 12 amide bonds. The number of nitrogens with one attached hydrogen (secondary N) is 3. The van der Waals surface area contributed by atoms with E-state index >= 15 is 37.5 Å². The van der Waals surface area contributed by atoms with Crippen LogP contribution in [0.5, 0.6) is 0 Å². The maximum atomic E-state index is 15.5. The number of hydrogen-bond acceptors (Lipinski definition) is 13. The highest BCUT2D eigenvalue weighted by Crippen LogP contribution is 2.46. The van der Waals surface area contributed by atoms with Crippen molar-refractivity contribution in [2.24, 2.45) is 35.5 Å². The molecule has 7 rings (SSSR count). The third-order valence-electron chi connectivity index (χ3n) is 23.2. The second-order valence-corrected chi connectivity index (χ2v) is 30.6. The molecule has 3 heterocycles. The lowest BCUT2D eigenvalue weighted by Gasteiger charge is -2.46. The Labute approximate surface area is 604 Å². The van der Waals surface area contributed by atoms with E-state index in [1.165, 1.54) is 76.0 Å². The topological polar surface area (TPSA) is 279 Å². The minimum atomic E-state index is -5.21. The third-order valence-corrected chi connectivity index (χ3v) is 23.2. The van der Waals surface area contributed by atoms with E-state index < -0.39 is 224 Å². The summed E-state index contributed by atoms with van der Waals surface area (Å²) < 4.78 is 121. The molecular weight excluding hydrogens is 1380 g/mol. The van der Waals surface area contributed by atoms with Gasteiger partial charge in [0.15, 0.2) is 0 Å². The van der Waals surface area contributed by atoms with Crippen molar-refractivity contribution in [1.29, 1.82) is 0 Å². The summed E-state index contributed by atoms with van der Waals surface area (Å²) in [5.74, 6) is -16.2. The number of nitrogens with zero attached hydrogens (tertiary/aromatic N) is 9. The van der Waals surface area contributed by atoms with Crippen molar-refractivity contribution in [2.45, 2.75) is 247 Å². The molecule has 0 aromatic carbocycles. The zero-order valence-corrected chi connectivity index (χ0v) is 62.1. The molecule has 3 saturated heterocycles. The molecule has 2 unspecified atom stereocenters. The van der Waals surface area contributed by atoms with Crippen LogP contribution in [-0.2, 0) is 62.3 Å². The van der Waals surface area contributed by atoms with E-state index in [9.17, 15) is 55.1 Å². The quantitative estimate of drug-likeness (QED) is 0.226. The van der Waals surface area contributed by atoms with Crippen LogP contribution in [0.2, 0.25) is 0 Å². The van der Waals surface area contributed by atoms with Crippen LogP contribution in [0.1, 0.15) is 168 Å². The fourth-order valence-corrected chi connectivity index (χ4v) is 16.5. The minimum absolute atomic E-state index is 0.0136. The average molecular weight is 1490 g/mol. The van der Waals surface area contributed by atoms with Crippen LogP contribution in [0.25, 0.3) is 0 Å². The van der Waals surface area contributed by atoms with Gasteiger partial charge in [-0.2, -0.15) is 26.3 Å². The number of ether oxygens (including phenoxy) is 1.